The van der Waals surface area contributed by atoms with Crippen molar-refractivity contribution in [2.24, 2.45) is 0 Å². The number of nitrogens with zero attached hydrogens (tertiary/aromatic N) is 2. The van der Waals surface area contributed by atoms with Gasteiger partial charge in [0, 0.05) is 6.54 Å². The molecule has 17 heavy (non-hydrogen) atoms. The Bertz CT molecular complexity index is 480. The number of methoxy groups -OCH3 is 1. The summed E-state index contributed by atoms with van der Waals surface area (Å²) in [6, 6.07) is 0.161. The molecule has 0 aliphatic rings. The Balaban J connectivity index is 2.63. The predicted octanol–water partition coefficient (Wildman–Crippen LogP) is 0.0997. The molecule has 0 bridgehead atoms. The van der Waals surface area contributed by atoms with Gasteiger partial charge in [0.2, 0.25) is 10.0 Å². The quantitative estimate of drug-likeness (QED) is 0.768. The van der Waals surface area contributed by atoms with E-state index in [2.05, 4.69) is 20.0 Å². The van der Waals surface area contributed by atoms with Crippen molar-refractivity contribution >= 4 is 27.4 Å². The molecule has 0 unspecified atom stereocenters. The van der Waals surface area contributed by atoms with E-state index in [0.29, 0.717) is 10.8 Å². The minimum Gasteiger partial charge on any atom is -0.467 e. The van der Waals surface area contributed by atoms with Gasteiger partial charge in [-0.05, 0) is 7.05 Å². The molecule has 7 nitrogen and oxygen atoms in total. The first-order valence-corrected chi connectivity index (χ1v) is 6.73. The number of hydrogen-bond acceptors (Lipinski definition) is 6. The summed E-state index contributed by atoms with van der Waals surface area (Å²) in [7, 11) is -0.462. The van der Waals surface area contributed by atoms with Crippen LogP contribution in [0.15, 0.2) is 6.20 Å². The molecule has 96 valence electrons. The summed E-state index contributed by atoms with van der Waals surface area (Å²) >= 11 is 5.83. The molecular weight excluding hydrogens is 268 g/mol. The van der Waals surface area contributed by atoms with Gasteiger partial charge in [-0.2, -0.15) is 4.98 Å². The fraction of sp³-hybridized carbons (Fsp3) is 0.500. The summed E-state index contributed by atoms with van der Waals surface area (Å²) in [6.45, 7) is 0.184. The molecule has 0 saturated carbocycles. The fourth-order valence-electron chi connectivity index (χ4n) is 0.979. The third-order valence-electron chi connectivity index (χ3n) is 1.88. The van der Waals surface area contributed by atoms with Crippen LogP contribution in [0, 0.1) is 0 Å². The number of anilines is 1. The molecule has 9 heteroatoms. The lowest BCUT2D eigenvalue weighted by atomic mass is 10.5. The van der Waals surface area contributed by atoms with Crippen LogP contribution in [0.2, 0.25) is 5.02 Å². The zero-order valence-electron chi connectivity index (χ0n) is 9.40. The number of hydrogen-bond donors (Lipinski definition) is 2. The van der Waals surface area contributed by atoms with E-state index < -0.39 is 10.0 Å². The number of aromatic nitrogens is 2. The lowest BCUT2D eigenvalue weighted by Crippen LogP contribution is -2.26. The van der Waals surface area contributed by atoms with Crippen molar-refractivity contribution < 1.29 is 13.2 Å². The van der Waals surface area contributed by atoms with Crippen molar-refractivity contribution in [3.8, 4) is 6.01 Å². The molecule has 0 amide bonds. The molecule has 0 fully saturated rings. The minimum atomic E-state index is -3.25. The van der Waals surface area contributed by atoms with Gasteiger partial charge in [-0.3, -0.25) is 0 Å². The molecule has 0 spiro atoms. The van der Waals surface area contributed by atoms with Gasteiger partial charge >= 0.3 is 6.01 Å². The number of ether oxygens (including phenoxy) is 1. The Labute approximate surface area is 105 Å². The van der Waals surface area contributed by atoms with Crippen LogP contribution in [0.1, 0.15) is 0 Å². The molecule has 0 aliphatic carbocycles. The Morgan fingerprint density at radius 1 is 1.53 bits per heavy atom. The van der Waals surface area contributed by atoms with Crippen LogP contribution in [0.25, 0.3) is 0 Å². The number of rotatable bonds is 6. The van der Waals surface area contributed by atoms with Crippen molar-refractivity contribution in [2.75, 3.05) is 31.8 Å². The monoisotopic (exact) mass is 280 g/mol. The Morgan fingerprint density at radius 3 is 2.82 bits per heavy atom. The first-order valence-electron chi connectivity index (χ1n) is 4.70. The minimum absolute atomic E-state index is 0.0772. The highest BCUT2D eigenvalue weighted by atomic mass is 35.5. The van der Waals surface area contributed by atoms with Crippen LogP contribution in [-0.4, -0.2) is 44.8 Å². The van der Waals surface area contributed by atoms with E-state index in [9.17, 15) is 8.42 Å². The number of nitrogens with one attached hydrogen (secondary N) is 2. The van der Waals surface area contributed by atoms with Gasteiger partial charge in [0.25, 0.3) is 0 Å². The van der Waals surface area contributed by atoms with E-state index in [4.69, 9.17) is 16.3 Å². The molecule has 1 aromatic heterocycles. The van der Waals surface area contributed by atoms with E-state index in [1.807, 2.05) is 0 Å². The van der Waals surface area contributed by atoms with Crippen molar-refractivity contribution in [3.05, 3.63) is 11.2 Å². The SMILES string of the molecule is CNS(=O)(=O)CCNc1nc(OC)ncc1Cl. The van der Waals surface area contributed by atoms with Crippen molar-refractivity contribution in [1.82, 2.24) is 14.7 Å². The lowest BCUT2D eigenvalue weighted by molar-refractivity contribution is 0.380. The second-order valence-electron chi connectivity index (χ2n) is 3.00. The molecule has 0 saturated heterocycles. The van der Waals surface area contributed by atoms with Gasteiger partial charge in [0.05, 0.1) is 19.1 Å². The third kappa shape index (κ3) is 4.33. The maximum atomic E-state index is 11.2. The van der Waals surface area contributed by atoms with Crippen LogP contribution in [0.4, 0.5) is 5.82 Å². The fourth-order valence-corrected chi connectivity index (χ4v) is 1.71. The van der Waals surface area contributed by atoms with Crippen molar-refractivity contribution in [3.63, 3.8) is 0 Å². The van der Waals surface area contributed by atoms with Gasteiger partial charge in [0.15, 0.2) is 5.82 Å². The van der Waals surface area contributed by atoms with Crippen molar-refractivity contribution in [1.29, 1.82) is 0 Å². The van der Waals surface area contributed by atoms with Gasteiger partial charge in [-0.1, -0.05) is 11.6 Å². The van der Waals surface area contributed by atoms with Crippen LogP contribution in [0.5, 0.6) is 6.01 Å². The zero-order valence-corrected chi connectivity index (χ0v) is 11.0. The summed E-state index contributed by atoms with van der Waals surface area (Å²) in [5.41, 5.74) is 0. The topological polar surface area (TPSA) is 93.2 Å². The van der Waals surface area contributed by atoms with Crippen LogP contribution in [-0.2, 0) is 10.0 Å². The highest BCUT2D eigenvalue weighted by Crippen LogP contribution is 2.19. The van der Waals surface area contributed by atoms with E-state index in [0.717, 1.165) is 0 Å². The number of sulfonamides is 1. The highest BCUT2D eigenvalue weighted by molar-refractivity contribution is 7.89. The lowest BCUT2D eigenvalue weighted by Gasteiger charge is -2.08. The molecule has 0 aromatic carbocycles. The molecule has 0 atom stereocenters. The highest BCUT2D eigenvalue weighted by Gasteiger charge is 2.09. The maximum absolute atomic E-state index is 11.2. The molecule has 1 aromatic rings. The van der Waals surface area contributed by atoms with Crippen LogP contribution >= 0.6 is 11.6 Å². The average molecular weight is 281 g/mol. The van der Waals surface area contributed by atoms with E-state index >= 15 is 0 Å². The standard InChI is InChI=1S/C8H13ClN4O3S/c1-10-17(14,15)4-3-11-7-6(9)5-12-8(13-7)16-2/h5,10H,3-4H2,1-2H3,(H,11,12,13). The first-order chi connectivity index (χ1) is 7.98. The smallest absolute Gasteiger partial charge is 0.318 e. The summed E-state index contributed by atoms with van der Waals surface area (Å²) in [5.74, 6) is 0.261. The van der Waals surface area contributed by atoms with Crippen LogP contribution < -0.4 is 14.8 Å². The van der Waals surface area contributed by atoms with E-state index in [1.165, 1.54) is 20.4 Å². The second kappa shape index (κ2) is 5.99. The Hall–Kier alpha value is -1.12. The van der Waals surface area contributed by atoms with Gasteiger partial charge in [-0.15, -0.1) is 0 Å². The van der Waals surface area contributed by atoms with E-state index in [1.54, 1.807) is 0 Å². The molecule has 1 heterocycles. The summed E-state index contributed by atoms with van der Waals surface area (Å²) in [4.78, 5) is 7.74. The van der Waals surface area contributed by atoms with Crippen LogP contribution in [0.3, 0.4) is 0 Å². The Morgan fingerprint density at radius 2 is 2.24 bits per heavy atom. The summed E-state index contributed by atoms with van der Waals surface area (Å²) < 4.78 is 29.3. The molecule has 2 N–H and O–H groups in total. The second-order valence-corrected chi connectivity index (χ2v) is 5.46. The normalized spacial score (nSPS) is 11.2. The first kappa shape index (κ1) is 13.9. The average Bonchev–Trinajstić information content (AvgIpc) is 2.31. The third-order valence-corrected chi connectivity index (χ3v) is 3.52. The van der Waals surface area contributed by atoms with E-state index in [-0.39, 0.29) is 18.3 Å². The molecule has 0 radical (unpaired) electrons. The maximum Gasteiger partial charge on any atom is 0.318 e. The van der Waals surface area contributed by atoms with Gasteiger partial charge in [-0.25, -0.2) is 18.1 Å². The molecule has 1 rings (SSSR count). The summed E-state index contributed by atoms with van der Waals surface area (Å²) in [5, 5.41) is 3.09. The van der Waals surface area contributed by atoms with Gasteiger partial charge in [0.1, 0.15) is 5.02 Å². The predicted molar refractivity (Wildman–Crippen MR) is 64.9 cm³/mol. The largest absolute Gasteiger partial charge is 0.467 e. The molecular formula is C8H13ClN4O3S. The Kier molecular flexibility index (Phi) is 4.91. The van der Waals surface area contributed by atoms with Crippen molar-refractivity contribution in [2.45, 2.75) is 0 Å². The molecule has 0 aliphatic heterocycles. The van der Waals surface area contributed by atoms with Gasteiger partial charge < -0.3 is 10.1 Å². The zero-order chi connectivity index (χ0) is 12.9. The number of halogens is 1. The summed E-state index contributed by atoms with van der Waals surface area (Å²) in [6.07, 6.45) is 1.38.